The number of aromatic nitrogens is 2. The molecule has 0 unspecified atom stereocenters. The standard InChI is InChI=1S/C19H19N3O2/c1-19(2)13-9-14-15(10-16(13)22(3)18(19)23)21-17(20-14)11-24-12-7-5-4-6-8-12/h4-10H,11H2,1-3H3,(H,20,21). The van der Waals surface area contributed by atoms with Crippen LogP contribution in [0, 0.1) is 0 Å². The highest BCUT2D eigenvalue weighted by Crippen LogP contribution is 2.42. The summed E-state index contributed by atoms with van der Waals surface area (Å²) in [6.45, 7) is 4.29. The highest BCUT2D eigenvalue weighted by molar-refractivity contribution is 6.09. The summed E-state index contributed by atoms with van der Waals surface area (Å²) in [5.74, 6) is 1.69. The normalized spacial score (nSPS) is 15.8. The number of nitrogens with one attached hydrogen (secondary N) is 1. The maximum absolute atomic E-state index is 12.4. The van der Waals surface area contributed by atoms with E-state index in [-0.39, 0.29) is 5.91 Å². The van der Waals surface area contributed by atoms with Gasteiger partial charge in [-0.3, -0.25) is 4.79 Å². The van der Waals surface area contributed by atoms with Crippen LogP contribution in [0.3, 0.4) is 0 Å². The van der Waals surface area contributed by atoms with Crippen LogP contribution in [0.15, 0.2) is 42.5 Å². The number of H-pyrrole nitrogens is 1. The Morgan fingerprint density at radius 2 is 1.96 bits per heavy atom. The molecule has 122 valence electrons. The van der Waals surface area contributed by atoms with Crippen molar-refractivity contribution in [3.8, 4) is 5.75 Å². The van der Waals surface area contributed by atoms with Crippen molar-refractivity contribution in [2.45, 2.75) is 25.9 Å². The summed E-state index contributed by atoms with van der Waals surface area (Å²) < 4.78 is 5.74. The molecule has 2 aromatic carbocycles. The SMILES string of the molecule is CN1C(=O)C(C)(C)c2cc3[nH]c(COc4ccccc4)nc3cc21. The first-order valence-corrected chi connectivity index (χ1v) is 7.96. The largest absolute Gasteiger partial charge is 0.486 e. The molecular weight excluding hydrogens is 302 g/mol. The van der Waals surface area contributed by atoms with Gasteiger partial charge in [-0.25, -0.2) is 4.98 Å². The van der Waals surface area contributed by atoms with Crippen LogP contribution >= 0.6 is 0 Å². The molecule has 0 atom stereocenters. The quantitative estimate of drug-likeness (QED) is 0.804. The zero-order valence-electron chi connectivity index (χ0n) is 14.0. The van der Waals surface area contributed by atoms with E-state index in [2.05, 4.69) is 9.97 Å². The lowest BCUT2D eigenvalue weighted by Gasteiger charge is -2.16. The van der Waals surface area contributed by atoms with Crippen molar-refractivity contribution >= 4 is 22.6 Å². The smallest absolute Gasteiger partial charge is 0.236 e. The van der Waals surface area contributed by atoms with Crippen molar-refractivity contribution in [2.24, 2.45) is 0 Å². The van der Waals surface area contributed by atoms with Gasteiger partial charge in [0.25, 0.3) is 0 Å². The second-order valence-corrected chi connectivity index (χ2v) is 6.66. The Balaban J connectivity index is 1.67. The van der Waals surface area contributed by atoms with Crippen molar-refractivity contribution in [3.05, 3.63) is 53.9 Å². The van der Waals surface area contributed by atoms with Crippen LogP contribution in [0.2, 0.25) is 0 Å². The molecule has 1 aromatic heterocycles. The van der Waals surface area contributed by atoms with E-state index in [1.807, 2.05) is 63.4 Å². The highest BCUT2D eigenvalue weighted by atomic mass is 16.5. The van der Waals surface area contributed by atoms with Crippen molar-refractivity contribution in [2.75, 3.05) is 11.9 Å². The molecule has 0 saturated heterocycles. The second-order valence-electron chi connectivity index (χ2n) is 6.66. The maximum atomic E-state index is 12.4. The van der Waals surface area contributed by atoms with Crippen molar-refractivity contribution in [3.63, 3.8) is 0 Å². The molecule has 24 heavy (non-hydrogen) atoms. The third kappa shape index (κ3) is 2.16. The molecule has 1 amide bonds. The van der Waals surface area contributed by atoms with E-state index in [0.29, 0.717) is 6.61 Å². The van der Waals surface area contributed by atoms with Gasteiger partial charge in [0.05, 0.1) is 16.4 Å². The number of hydrogen-bond donors (Lipinski definition) is 1. The molecule has 0 radical (unpaired) electrons. The first-order chi connectivity index (χ1) is 11.5. The average Bonchev–Trinajstić information content (AvgIpc) is 3.06. The lowest BCUT2D eigenvalue weighted by Crippen LogP contribution is -2.33. The van der Waals surface area contributed by atoms with Gasteiger partial charge in [-0.2, -0.15) is 0 Å². The summed E-state index contributed by atoms with van der Waals surface area (Å²) in [5, 5.41) is 0. The van der Waals surface area contributed by atoms with Gasteiger partial charge in [-0.05, 0) is 43.7 Å². The Kier molecular flexibility index (Phi) is 3.13. The topological polar surface area (TPSA) is 58.2 Å². The predicted molar refractivity (Wildman–Crippen MR) is 93.3 cm³/mol. The summed E-state index contributed by atoms with van der Waals surface area (Å²) in [4.78, 5) is 22.0. The molecule has 5 nitrogen and oxygen atoms in total. The molecule has 3 aromatic rings. The summed E-state index contributed by atoms with van der Waals surface area (Å²) in [6.07, 6.45) is 0. The number of carbonyl (C=O) groups excluding carboxylic acids is 1. The molecule has 0 saturated carbocycles. The number of imidazole rings is 1. The first-order valence-electron chi connectivity index (χ1n) is 7.96. The summed E-state index contributed by atoms with van der Waals surface area (Å²) in [7, 11) is 1.81. The fourth-order valence-corrected chi connectivity index (χ4v) is 3.26. The van der Waals surface area contributed by atoms with Gasteiger partial charge in [0, 0.05) is 12.7 Å². The Morgan fingerprint density at radius 1 is 1.21 bits per heavy atom. The van der Waals surface area contributed by atoms with E-state index < -0.39 is 5.41 Å². The number of hydrogen-bond acceptors (Lipinski definition) is 3. The second kappa shape index (κ2) is 5.09. The molecule has 1 aliphatic rings. The number of anilines is 1. The monoisotopic (exact) mass is 321 g/mol. The van der Waals surface area contributed by atoms with E-state index in [4.69, 9.17) is 4.74 Å². The van der Waals surface area contributed by atoms with Gasteiger partial charge in [0.2, 0.25) is 5.91 Å². The van der Waals surface area contributed by atoms with E-state index in [9.17, 15) is 4.79 Å². The number of fused-ring (bicyclic) bond motifs is 2. The van der Waals surface area contributed by atoms with Crippen LogP contribution in [0.4, 0.5) is 5.69 Å². The van der Waals surface area contributed by atoms with Gasteiger partial charge in [0.1, 0.15) is 18.2 Å². The van der Waals surface area contributed by atoms with Crippen LogP contribution in [0.1, 0.15) is 25.2 Å². The van der Waals surface area contributed by atoms with Gasteiger partial charge in [-0.1, -0.05) is 18.2 Å². The summed E-state index contributed by atoms with van der Waals surface area (Å²) in [5.41, 5.74) is 3.22. The number of rotatable bonds is 3. The molecule has 0 aliphatic carbocycles. The van der Waals surface area contributed by atoms with Crippen molar-refractivity contribution in [1.82, 2.24) is 9.97 Å². The Morgan fingerprint density at radius 3 is 2.71 bits per heavy atom. The molecular formula is C19H19N3O2. The number of carbonyl (C=O) groups is 1. The van der Waals surface area contributed by atoms with Gasteiger partial charge in [0.15, 0.2) is 0 Å². The summed E-state index contributed by atoms with van der Waals surface area (Å²) >= 11 is 0. The third-order valence-corrected chi connectivity index (χ3v) is 4.64. The fraction of sp³-hybridized carbons (Fsp3) is 0.263. The lowest BCUT2D eigenvalue weighted by molar-refractivity contribution is -0.121. The van der Waals surface area contributed by atoms with Crippen molar-refractivity contribution in [1.29, 1.82) is 0 Å². The van der Waals surface area contributed by atoms with Crippen LogP contribution < -0.4 is 9.64 Å². The molecule has 5 heteroatoms. The van der Waals surface area contributed by atoms with Gasteiger partial charge >= 0.3 is 0 Å². The molecule has 0 fully saturated rings. The predicted octanol–water partition coefficient (Wildman–Crippen LogP) is 3.40. The molecule has 1 aliphatic heterocycles. The minimum Gasteiger partial charge on any atom is -0.486 e. The van der Waals surface area contributed by atoms with E-state index in [1.165, 1.54) is 0 Å². The molecule has 4 rings (SSSR count). The number of benzene rings is 2. The average molecular weight is 321 g/mol. The Labute approximate surface area is 140 Å². The fourth-order valence-electron chi connectivity index (χ4n) is 3.26. The number of para-hydroxylation sites is 1. The number of likely N-dealkylation sites (N-methyl/N-ethyl adjacent to an activating group) is 1. The zero-order chi connectivity index (χ0) is 16.9. The van der Waals surface area contributed by atoms with Crippen LogP contribution in [-0.2, 0) is 16.8 Å². The Hall–Kier alpha value is -2.82. The first kappa shape index (κ1) is 14.8. The maximum Gasteiger partial charge on any atom is 0.236 e. The van der Waals surface area contributed by atoms with Crippen LogP contribution in [0.25, 0.3) is 11.0 Å². The third-order valence-electron chi connectivity index (χ3n) is 4.64. The van der Waals surface area contributed by atoms with Crippen LogP contribution in [0.5, 0.6) is 5.75 Å². The summed E-state index contributed by atoms with van der Waals surface area (Å²) in [6, 6.07) is 13.7. The number of aromatic amines is 1. The van der Waals surface area contributed by atoms with E-state index >= 15 is 0 Å². The van der Waals surface area contributed by atoms with Gasteiger partial charge < -0.3 is 14.6 Å². The molecule has 1 N–H and O–H groups in total. The zero-order valence-corrected chi connectivity index (χ0v) is 14.0. The van der Waals surface area contributed by atoms with Gasteiger partial charge in [-0.15, -0.1) is 0 Å². The molecule has 2 heterocycles. The molecule has 0 spiro atoms. The minimum atomic E-state index is -0.510. The van der Waals surface area contributed by atoms with Crippen molar-refractivity contribution < 1.29 is 9.53 Å². The Bertz CT molecular complexity index is 928. The highest BCUT2D eigenvalue weighted by Gasteiger charge is 2.42. The number of amides is 1. The van der Waals surface area contributed by atoms with Crippen LogP contribution in [-0.4, -0.2) is 22.9 Å². The molecule has 0 bridgehead atoms. The number of ether oxygens (including phenoxy) is 1. The van der Waals surface area contributed by atoms with E-state index in [1.54, 1.807) is 4.90 Å². The van der Waals surface area contributed by atoms with E-state index in [0.717, 1.165) is 33.9 Å². The number of nitrogens with zero attached hydrogens (tertiary/aromatic N) is 2. The lowest BCUT2D eigenvalue weighted by atomic mass is 9.86. The minimum absolute atomic E-state index is 0.109.